The lowest BCUT2D eigenvalue weighted by molar-refractivity contribution is -0.170. The average Bonchev–Trinajstić information content (AvgIpc) is 2.52. The fraction of sp³-hybridized carbons (Fsp3) is 0.611. The van der Waals surface area contributed by atoms with Gasteiger partial charge in [0, 0.05) is 30.0 Å². The van der Waals surface area contributed by atoms with E-state index in [1.54, 1.807) is 0 Å². The van der Waals surface area contributed by atoms with E-state index in [4.69, 9.17) is 22.1 Å². The Morgan fingerprint density at radius 3 is 2.61 bits per heavy atom. The number of hydrogen-bond donors (Lipinski definition) is 2. The Bertz CT molecular complexity index is 544. The van der Waals surface area contributed by atoms with Crippen LogP contribution in [0, 0.1) is 5.41 Å². The standard InChI is InChI=1S/C18H27ClN2O2/c1-4-23-15-12-18(20,17(15,2)3)16(22)21-11-5-6-13-7-9-14(19)10-8-13/h7-10,15H,4-6,11-12,20H2,1-3H3,(H,21,22). The molecular weight excluding hydrogens is 312 g/mol. The van der Waals surface area contributed by atoms with Gasteiger partial charge in [0.1, 0.15) is 5.54 Å². The molecule has 1 aromatic rings. The van der Waals surface area contributed by atoms with Gasteiger partial charge in [0.15, 0.2) is 0 Å². The number of ether oxygens (including phenoxy) is 1. The Morgan fingerprint density at radius 1 is 1.39 bits per heavy atom. The third-order valence-electron chi connectivity index (χ3n) is 5.08. The van der Waals surface area contributed by atoms with E-state index in [0.29, 0.717) is 19.6 Å². The van der Waals surface area contributed by atoms with Gasteiger partial charge < -0.3 is 15.8 Å². The van der Waals surface area contributed by atoms with Gasteiger partial charge in [0.2, 0.25) is 5.91 Å². The van der Waals surface area contributed by atoms with Gasteiger partial charge in [-0.1, -0.05) is 37.6 Å². The molecule has 1 aliphatic rings. The highest BCUT2D eigenvalue weighted by molar-refractivity contribution is 6.30. The number of aryl methyl sites for hydroxylation is 1. The zero-order valence-corrected chi connectivity index (χ0v) is 15.0. The van der Waals surface area contributed by atoms with E-state index < -0.39 is 5.54 Å². The lowest BCUT2D eigenvalue weighted by atomic mass is 9.54. The number of hydrogen-bond acceptors (Lipinski definition) is 3. The molecule has 2 rings (SSSR count). The van der Waals surface area contributed by atoms with Gasteiger partial charge in [0.25, 0.3) is 0 Å². The quantitative estimate of drug-likeness (QED) is 0.751. The highest BCUT2D eigenvalue weighted by atomic mass is 35.5. The van der Waals surface area contributed by atoms with E-state index in [1.165, 1.54) is 5.56 Å². The lowest BCUT2D eigenvalue weighted by Crippen LogP contribution is -2.75. The van der Waals surface area contributed by atoms with Crippen LogP contribution in [0.4, 0.5) is 0 Å². The SMILES string of the molecule is CCOC1CC(N)(C(=O)NCCCc2ccc(Cl)cc2)C1(C)C. The Kier molecular flexibility index (Phi) is 5.71. The van der Waals surface area contributed by atoms with Gasteiger partial charge in [-0.15, -0.1) is 0 Å². The minimum absolute atomic E-state index is 0.0531. The Morgan fingerprint density at radius 2 is 2.04 bits per heavy atom. The summed E-state index contributed by atoms with van der Waals surface area (Å²) < 4.78 is 5.66. The van der Waals surface area contributed by atoms with Crippen molar-refractivity contribution in [1.29, 1.82) is 0 Å². The summed E-state index contributed by atoms with van der Waals surface area (Å²) >= 11 is 5.87. The molecule has 23 heavy (non-hydrogen) atoms. The van der Waals surface area contributed by atoms with E-state index in [2.05, 4.69) is 5.32 Å². The summed E-state index contributed by atoms with van der Waals surface area (Å²) in [6.07, 6.45) is 2.41. The Balaban J connectivity index is 1.78. The molecule has 0 saturated heterocycles. The summed E-state index contributed by atoms with van der Waals surface area (Å²) in [6.45, 7) is 7.24. The first-order chi connectivity index (χ1) is 10.8. The number of amides is 1. The summed E-state index contributed by atoms with van der Waals surface area (Å²) in [5, 5.41) is 3.72. The second-order valence-corrected chi connectivity index (χ2v) is 7.26. The second kappa shape index (κ2) is 7.20. The van der Waals surface area contributed by atoms with Crippen molar-refractivity contribution in [3.8, 4) is 0 Å². The zero-order chi connectivity index (χ0) is 17.1. The van der Waals surface area contributed by atoms with Crippen molar-refractivity contribution >= 4 is 17.5 Å². The topological polar surface area (TPSA) is 64.3 Å². The number of carbonyl (C=O) groups is 1. The minimum atomic E-state index is -0.840. The molecule has 0 bridgehead atoms. The molecule has 0 spiro atoms. The molecule has 3 N–H and O–H groups in total. The van der Waals surface area contributed by atoms with Crippen LogP contribution >= 0.6 is 11.6 Å². The molecule has 4 nitrogen and oxygen atoms in total. The second-order valence-electron chi connectivity index (χ2n) is 6.83. The summed E-state index contributed by atoms with van der Waals surface area (Å²) in [5.41, 5.74) is 6.38. The molecule has 1 aliphatic carbocycles. The van der Waals surface area contributed by atoms with Crippen molar-refractivity contribution < 1.29 is 9.53 Å². The molecule has 2 unspecified atom stereocenters. The largest absolute Gasteiger partial charge is 0.378 e. The van der Waals surface area contributed by atoms with Gasteiger partial charge in [-0.25, -0.2) is 0 Å². The molecule has 1 amide bonds. The maximum atomic E-state index is 12.5. The third kappa shape index (κ3) is 3.70. The van der Waals surface area contributed by atoms with Crippen LogP contribution < -0.4 is 11.1 Å². The number of halogens is 1. The van der Waals surface area contributed by atoms with E-state index in [-0.39, 0.29) is 17.4 Å². The van der Waals surface area contributed by atoms with Crippen LogP contribution in [0.15, 0.2) is 24.3 Å². The first-order valence-electron chi connectivity index (χ1n) is 8.24. The van der Waals surface area contributed by atoms with Crippen molar-refractivity contribution in [2.45, 2.75) is 51.7 Å². The molecular formula is C18H27ClN2O2. The van der Waals surface area contributed by atoms with Crippen LogP contribution in [0.25, 0.3) is 0 Å². The maximum Gasteiger partial charge on any atom is 0.240 e. The minimum Gasteiger partial charge on any atom is -0.378 e. The number of nitrogens with one attached hydrogen (secondary N) is 1. The van der Waals surface area contributed by atoms with Crippen LogP contribution in [0.2, 0.25) is 5.02 Å². The van der Waals surface area contributed by atoms with E-state index >= 15 is 0 Å². The first-order valence-corrected chi connectivity index (χ1v) is 8.62. The molecule has 5 heteroatoms. The molecule has 2 atom stereocenters. The molecule has 1 aromatic carbocycles. The third-order valence-corrected chi connectivity index (χ3v) is 5.33. The first kappa shape index (κ1) is 18.2. The van der Waals surface area contributed by atoms with Gasteiger partial charge in [0.05, 0.1) is 6.10 Å². The molecule has 0 aliphatic heterocycles. The summed E-state index contributed by atoms with van der Waals surface area (Å²) in [7, 11) is 0. The van der Waals surface area contributed by atoms with Crippen molar-refractivity contribution in [3.63, 3.8) is 0 Å². The molecule has 0 aromatic heterocycles. The van der Waals surface area contributed by atoms with E-state index in [0.717, 1.165) is 17.9 Å². The smallest absolute Gasteiger partial charge is 0.240 e. The maximum absolute atomic E-state index is 12.5. The molecule has 128 valence electrons. The molecule has 1 saturated carbocycles. The number of rotatable bonds is 7. The highest BCUT2D eigenvalue weighted by Crippen LogP contribution is 2.49. The van der Waals surface area contributed by atoms with Crippen LogP contribution in [0.5, 0.6) is 0 Å². The number of carbonyl (C=O) groups excluding carboxylic acids is 1. The zero-order valence-electron chi connectivity index (χ0n) is 14.2. The highest BCUT2D eigenvalue weighted by Gasteiger charge is 2.62. The van der Waals surface area contributed by atoms with Gasteiger partial charge >= 0.3 is 0 Å². The van der Waals surface area contributed by atoms with E-state index in [1.807, 2.05) is 45.0 Å². The predicted octanol–water partition coefficient (Wildman–Crippen LogP) is 2.92. The Hall–Kier alpha value is -1.10. The normalized spacial score (nSPS) is 25.7. The summed E-state index contributed by atoms with van der Waals surface area (Å²) in [6, 6.07) is 7.79. The van der Waals surface area contributed by atoms with Gasteiger partial charge in [-0.3, -0.25) is 4.79 Å². The lowest BCUT2D eigenvalue weighted by Gasteiger charge is -2.57. The van der Waals surface area contributed by atoms with Gasteiger partial charge in [-0.05, 0) is 37.5 Å². The Labute approximate surface area is 143 Å². The average molecular weight is 339 g/mol. The fourth-order valence-corrected chi connectivity index (χ4v) is 3.25. The fourth-order valence-electron chi connectivity index (χ4n) is 3.12. The molecule has 0 radical (unpaired) electrons. The van der Waals surface area contributed by atoms with E-state index in [9.17, 15) is 4.79 Å². The van der Waals surface area contributed by atoms with Crippen LogP contribution in [-0.2, 0) is 16.0 Å². The van der Waals surface area contributed by atoms with Crippen molar-refractivity contribution in [1.82, 2.24) is 5.32 Å². The van der Waals surface area contributed by atoms with Crippen LogP contribution in [-0.4, -0.2) is 30.7 Å². The predicted molar refractivity (Wildman–Crippen MR) is 93.5 cm³/mol. The molecule has 1 fully saturated rings. The van der Waals surface area contributed by atoms with Crippen LogP contribution in [0.3, 0.4) is 0 Å². The van der Waals surface area contributed by atoms with Gasteiger partial charge in [-0.2, -0.15) is 0 Å². The van der Waals surface area contributed by atoms with Crippen molar-refractivity contribution in [2.75, 3.05) is 13.2 Å². The van der Waals surface area contributed by atoms with Crippen molar-refractivity contribution in [3.05, 3.63) is 34.9 Å². The van der Waals surface area contributed by atoms with Crippen LogP contribution in [0.1, 0.15) is 39.2 Å². The number of benzene rings is 1. The van der Waals surface area contributed by atoms with Crippen molar-refractivity contribution in [2.24, 2.45) is 11.1 Å². The summed E-state index contributed by atoms with van der Waals surface area (Å²) in [4.78, 5) is 12.5. The molecule has 0 heterocycles. The monoisotopic (exact) mass is 338 g/mol. The number of nitrogens with two attached hydrogens (primary N) is 1. The summed E-state index contributed by atoms with van der Waals surface area (Å²) in [5.74, 6) is -0.0745.